The molecule has 0 spiro atoms. The molecule has 1 aliphatic rings. The van der Waals surface area contributed by atoms with Gasteiger partial charge in [-0.15, -0.1) is 0 Å². The van der Waals surface area contributed by atoms with E-state index >= 15 is 0 Å². The molecule has 1 atom stereocenters. The Balaban J connectivity index is 1.61. The first kappa shape index (κ1) is 15.3. The molecule has 6 nitrogen and oxygen atoms in total. The van der Waals surface area contributed by atoms with Crippen molar-refractivity contribution in [2.45, 2.75) is 20.0 Å². The van der Waals surface area contributed by atoms with Gasteiger partial charge in [-0.05, 0) is 38.1 Å². The van der Waals surface area contributed by atoms with E-state index < -0.39 is 6.10 Å². The summed E-state index contributed by atoms with van der Waals surface area (Å²) in [6, 6.07) is 12.6. The fourth-order valence-corrected chi connectivity index (χ4v) is 2.87. The summed E-state index contributed by atoms with van der Waals surface area (Å²) in [7, 11) is 0. The normalized spacial score (nSPS) is 16.1. The van der Waals surface area contributed by atoms with Crippen LogP contribution in [0.2, 0.25) is 0 Å². The van der Waals surface area contributed by atoms with Gasteiger partial charge in [0.15, 0.2) is 11.9 Å². The van der Waals surface area contributed by atoms with Crippen molar-refractivity contribution >= 4 is 34.2 Å². The highest BCUT2D eigenvalue weighted by Crippen LogP contribution is 2.32. The first-order chi connectivity index (χ1) is 12.0. The van der Waals surface area contributed by atoms with E-state index in [9.17, 15) is 9.59 Å². The van der Waals surface area contributed by atoms with Gasteiger partial charge in [0, 0.05) is 16.6 Å². The second kappa shape index (κ2) is 5.66. The van der Waals surface area contributed by atoms with Gasteiger partial charge < -0.3 is 19.8 Å². The maximum absolute atomic E-state index is 12.6. The Bertz CT molecular complexity index is 1010. The molecule has 0 saturated carbocycles. The summed E-state index contributed by atoms with van der Waals surface area (Å²) in [5, 5.41) is 6.46. The highest BCUT2D eigenvalue weighted by Gasteiger charge is 2.24. The van der Waals surface area contributed by atoms with Crippen LogP contribution in [0.1, 0.15) is 23.0 Å². The minimum absolute atomic E-state index is 0.218. The Morgan fingerprint density at radius 2 is 2.00 bits per heavy atom. The fraction of sp³-hybridized carbons (Fsp3) is 0.158. The third-order valence-electron chi connectivity index (χ3n) is 4.22. The van der Waals surface area contributed by atoms with E-state index in [1.165, 1.54) is 0 Å². The van der Waals surface area contributed by atoms with Gasteiger partial charge in [0.1, 0.15) is 11.3 Å². The molecule has 0 aliphatic carbocycles. The predicted octanol–water partition coefficient (Wildman–Crippen LogP) is 3.71. The maximum atomic E-state index is 12.6. The minimum atomic E-state index is -0.536. The van der Waals surface area contributed by atoms with Crippen molar-refractivity contribution in [1.82, 2.24) is 0 Å². The van der Waals surface area contributed by atoms with Gasteiger partial charge in [-0.1, -0.05) is 18.2 Å². The second-order valence-electron chi connectivity index (χ2n) is 5.97. The number of furan rings is 1. The van der Waals surface area contributed by atoms with Gasteiger partial charge >= 0.3 is 0 Å². The van der Waals surface area contributed by atoms with Crippen molar-refractivity contribution in [2.75, 3.05) is 10.6 Å². The SMILES string of the molecule is Cc1c(C(=O)Nc2ccc3c(c2)NC(=O)[C@@H](C)O3)oc2ccccc12. The topological polar surface area (TPSA) is 80.6 Å². The van der Waals surface area contributed by atoms with E-state index in [-0.39, 0.29) is 17.6 Å². The van der Waals surface area contributed by atoms with Crippen molar-refractivity contribution in [2.24, 2.45) is 0 Å². The Kier molecular flexibility index (Phi) is 3.46. The van der Waals surface area contributed by atoms with Crippen molar-refractivity contribution < 1.29 is 18.7 Å². The number of anilines is 2. The second-order valence-corrected chi connectivity index (χ2v) is 5.97. The van der Waals surface area contributed by atoms with Gasteiger partial charge in [-0.25, -0.2) is 0 Å². The molecule has 0 unspecified atom stereocenters. The molecule has 2 N–H and O–H groups in total. The van der Waals surface area contributed by atoms with E-state index in [0.29, 0.717) is 22.7 Å². The third-order valence-corrected chi connectivity index (χ3v) is 4.22. The molecule has 2 amide bonds. The summed E-state index contributed by atoms with van der Waals surface area (Å²) in [6.07, 6.45) is -0.536. The third kappa shape index (κ3) is 2.61. The highest BCUT2D eigenvalue weighted by atomic mass is 16.5. The minimum Gasteiger partial charge on any atom is -0.479 e. The number of carbonyl (C=O) groups is 2. The first-order valence-electron chi connectivity index (χ1n) is 7.94. The average molecular weight is 336 g/mol. The van der Waals surface area contributed by atoms with E-state index in [4.69, 9.17) is 9.15 Å². The number of amides is 2. The van der Waals surface area contributed by atoms with Crippen LogP contribution in [0.15, 0.2) is 46.9 Å². The number of nitrogens with one attached hydrogen (secondary N) is 2. The lowest BCUT2D eigenvalue weighted by molar-refractivity contribution is -0.122. The molecule has 0 fully saturated rings. The summed E-state index contributed by atoms with van der Waals surface area (Å²) in [4.78, 5) is 24.3. The van der Waals surface area contributed by atoms with Gasteiger partial charge in [-0.2, -0.15) is 0 Å². The molecule has 3 aromatic rings. The number of hydrogen-bond donors (Lipinski definition) is 2. The number of carbonyl (C=O) groups excluding carboxylic acids is 2. The van der Waals surface area contributed by atoms with E-state index in [0.717, 1.165) is 10.9 Å². The molecule has 0 saturated heterocycles. The number of ether oxygens (including phenoxy) is 1. The van der Waals surface area contributed by atoms with E-state index in [1.807, 2.05) is 31.2 Å². The number of para-hydroxylation sites is 1. The Labute approximate surface area is 143 Å². The zero-order chi connectivity index (χ0) is 17.6. The number of fused-ring (bicyclic) bond motifs is 2. The quantitative estimate of drug-likeness (QED) is 0.747. The van der Waals surface area contributed by atoms with Crippen LogP contribution in [0, 0.1) is 6.92 Å². The molecule has 2 heterocycles. The number of aryl methyl sites for hydroxylation is 1. The fourth-order valence-electron chi connectivity index (χ4n) is 2.87. The zero-order valence-corrected chi connectivity index (χ0v) is 13.8. The molecular weight excluding hydrogens is 320 g/mol. The average Bonchev–Trinajstić information content (AvgIpc) is 2.94. The molecule has 2 aromatic carbocycles. The standard InChI is InChI=1S/C19H16N2O4/c1-10-13-5-3-4-6-15(13)25-17(10)19(23)20-12-7-8-16-14(9-12)21-18(22)11(2)24-16/h3-9,11H,1-2H3,(H,20,23)(H,21,22)/t11-/m1/s1. The first-order valence-corrected chi connectivity index (χ1v) is 7.94. The predicted molar refractivity (Wildman–Crippen MR) is 94.1 cm³/mol. The lowest BCUT2D eigenvalue weighted by Crippen LogP contribution is -2.34. The van der Waals surface area contributed by atoms with Gasteiger partial charge in [-0.3, -0.25) is 9.59 Å². The molecule has 126 valence electrons. The molecule has 1 aromatic heterocycles. The highest BCUT2D eigenvalue weighted by molar-refractivity contribution is 6.07. The number of rotatable bonds is 2. The van der Waals surface area contributed by atoms with Crippen molar-refractivity contribution in [3.8, 4) is 5.75 Å². The number of benzene rings is 2. The van der Waals surface area contributed by atoms with Crippen molar-refractivity contribution in [1.29, 1.82) is 0 Å². The summed E-state index contributed by atoms with van der Waals surface area (Å²) in [5.41, 5.74) is 2.53. The van der Waals surface area contributed by atoms with Crippen LogP contribution in [0.3, 0.4) is 0 Å². The number of hydrogen-bond acceptors (Lipinski definition) is 4. The molecule has 0 bridgehead atoms. The van der Waals surface area contributed by atoms with E-state index in [1.54, 1.807) is 25.1 Å². The molecule has 25 heavy (non-hydrogen) atoms. The van der Waals surface area contributed by atoms with Crippen LogP contribution >= 0.6 is 0 Å². The van der Waals surface area contributed by atoms with E-state index in [2.05, 4.69) is 10.6 Å². The molecule has 0 radical (unpaired) electrons. The molecule has 4 rings (SSSR count). The van der Waals surface area contributed by atoms with Crippen LogP contribution in [-0.4, -0.2) is 17.9 Å². The smallest absolute Gasteiger partial charge is 0.291 e. The maximum Gasteiger partial charge on any atom is 0.291 e. The summed E-state index contributed by atoms with van der Waals surface area (Å²) >= 11 is 0. The molecule has 1 aliphatic heterocycles. The zero-order valence-electron chi connectivity index (χ0n) is 13.8. The lowest BCUT2D eigenvalue weighted by Gasteiger charge is -2.23. The summed E-state index contributed by atoms with van der Waals surface area (Å²) in [5.74, 6) is 0.284. The monoisotopic (exact) mass is 336 g/mol. The Hall–Kier alpha value is -3.28. The summed E-state index contributed by atoms with van der Waals surface area (Å²) in [6.45, 7) is 3.53. The van der Waals surface area contributed by atoms with Crippen molar-refractivity contribution in [3.05, 3.63) is 53.8 Å². The summed E-state index contributed by atoms with van der Waals surface area (Å²) < 4.78 is 11.2. The Morgan fingerprint density at radius 3 is 2.80 bits per heavy atom. The lowest BCUT2D eigenvalue weighted by atomic mass is 10.1. The van der Waals surface area contributed by atoms with Crippen LogP contribution in [0.5, 0.6) is 5.75 Å². The van der Waals surface area contributed by atoms with Crippen LogP contribution < -0.4 is 15.4 Å². The van der Waals surface area contributed by atoms with Crippen LogP contribution in [0.4, 0.5) is 11.4 Å². The largest absolute Gasteiger partial charge is 0.479 e. The van der Waals surface area contributed by atoms with Crippen molar-refractivity contribution in [3.63, 3.8) is 0 Å². The van der Waals surface area contributed by atoms with Crippen LogP contribution in [-0.2, 0) is 4.79 Å². The van der Waals surface area contributed by atoms with Gasteiger partial charge in [0.2, 0.25) is 0 Å². The Morgan fingerprint density at radius 1 is 1.20 bits per heavy atom. The van der Waals surface area contributed by atoms with Crippen LogP contribution in [0.25, 0.3) is 11.0 Å². The molecular formula is C19H16N2O4. The molecule has 6 heteroatoms. The van der Waals surface area contributed by atoms with Gasteiger partial charge in [0.25, 0.3) is 11.8 Å². The van der Waals surface area contributed by atoms with Gasteiger partial charge in [0.05, 0.1) is 5.69 Å².